The number of nitrogens with zero attached hydrogens (tertiary/aromatic N) is 3. The third-order valence-corrected chi connectivity index (χ3v) is 1.46. The van der Waals surface area contributed by atoms with Crippen LogP contribution in [0.5, 0.6) is 0 Å². The number of nitrogens with one attached hydrogen (secondary N) is 1. The van der Waals surface area contributed by atoms with E-state index in [1.165, 1.54) is 6.33 Å². The van der Waals surface area contributed by atoms with Gasteiger partial charge in [0.05, 0.1) is 23.9 Å². The van der Waals surface area contributed by atoms with Gasteiger partial charge >= 0.3 is 0 Å². The zero-order valence-electron chi connectivity index (χ0n) is 6.23. The van der Waals surface area contributed by atoms with E-state index in [0.29, 0.717) is 5.82 Å². The van der Waals surface area contributed by atoms with E-state index in [1.807, 2.05) is 0 Å². The highest BCUT2D eigenvalue weighted by Crippen LogP contribution is 2.12. The van der Waals surface area contributed by atoms with Gasteiger partial charge in [-0.1, -0.05) is 0 Å². The van der Waals surface area contributed by atoms with Gasteiger partial charge in [0.25, 0.3) is 0 Å². The van der Waals surface area contributed by atoms with Gasteiger partial charge in [-0.2, -0.15) is 0 Å². The van der Waals surface area contributed by atoms with Crippen LogP contribution in [0.2, 0.25) is 0 Å². The Morgan fingerprint density at radius 1 is 1.33 bits per heavy atom. The van der Waals surface area contributed by atoms with Gasteiger partial charge in [-0.3, -0.25) is 0 Å². The Kier molecular flexibility index (Phi) is 1.48. The van der Waals surface area contributed by atoms with Crippen molar-refractivity contribution in [3.8, 4) is 11.4 Å². The zero-order valence-corrected chi connectivity index (χ0v) is 6.23. The molecule has 0 atom stereocenters. The zero-order chi connectivity index (χ0) is 8.39. The van der Waals surface area contributed by atoms with Crippen LogP contribution in [0.15, 0.2) is 24.9 Å². The number of aromatic amines is 1. The lowest BCUT2D eigenvalue weighted by molar-refractivity contribution is 1.17. The molecule has 0 bridgehead atoms. The van der Waals surface area contributed by atoms with Gasteiger partial charge in [0, 0.05) is 6.07 Å². The molecule has 0 amide bonds. The van der Waals surface area contributed by atoms with Crippen LogP contribution in [0.1, 0.15) is 0 Å². The lowest BCUT2D eigenvalue weighted by atomic mass is 10.3. The van der Waals surface area contributed by atoms with Gasteiger partial charge < -0.3 is 10.7 Å². The van der Waals surface area contributed by atoms with Crippen LogP contribution in [0, 0.1) is 0 Å². The average Bonchev–Trinajstić information content (AvgIpc) is 2.56. The van der Waals surface area contributed by atoms with E-state index in [4.69, 9.17) is 5.73 Å². The summed E-state index contributed by atoms with van der Waals surface area (Å²) in [5.41, 5.74) is 7.07. The number of nitrogen functional groups attached to an aromatic ring is 1. The fourth-order valence-electron chi connectivity index (χ4n) is 0.916. The normalized spacial score (nSPS) is 10.0. The standard InChI is InChI=1S/C7H7N5/c8-7-1-5(11-4-12-7)6-2-9-3-10-6/h1-4H,(H,9,10)(H2,8,11,12). The van der Waals surface area contributed by atoms with Gasteiger partial charge in [0.2, 0.25) is 0 Å². The van der Waals surface area contributed by atoms with Gasteiger partial charge in [0.1, 0.15) is 12.1 Å². The second-order valence-electron chi connectivity index (χ2n) is 2.29. The Bertz CT molecular complexity index is 367. The fourth-order valence-corrected chi connectivity index (χ4v) is 0.916. The van der Waals surface area contributed by atoms with Crippen LogP contribution < -0.4 is 5.73 Å². The molecule has 0 radical (unpaired) electrons. The monoisotopic (exact) mass is 161 g/mol. The summed E-state index contributed by atoms with van der Waals surface area (Å²) in [6.45, 7) is 0. The minimum absolute atomic E-state index is 0.453. The summed E-state index contributed by atoms with van der Waals surface area (Å²) in [6.07, 6.45) is 4.70. The van der Waals surface area contributed by atoms with Crippen LogP contribution >= 0.6 is 0 Å². The first kappa shape index (κ1) is 6.78. The van der Waals surface area contributed by atoms with Crippen molar-refractivity contribution in [3.05, 3.63) is 24.9 Å². The van der Waals surface area contributed by atoms with Crippen LogP contribution in [0.3, 0.4) is 0 Å². The van der Waals surface area contributed by atoms with Crippen molar-refractivity contribution in [1.82, 2.24) is 19.9 Å². The molecule has 2 rings (SSSR count). The number of rotatable bonds is 1. The average molecular weight is 161 g/mol. The van der Waals surface area contributed by atoms with Crippen molar-refractivity contribution in [3.63, 3.8) is 0 Å². The number of aromatic nitrogens is 4. The molecule has 0 unspecified atom stereocenters. The van der Waals surface area contributed by atoms with Gasteiger partial charge in [-0.15, -0.1) is 0 Å². The fraction of sp³-hybridized carbons (Fsp3) is 0. The number of imidazole rings is 1. The van der Waals surface area contributed by atoms with Crippen molar-refractivity contribution in [2.45, 2.75) is 0 Å². The Balaban J connectivity index is 2.48. The number of hydrogen-bond donors (Lipinski definition) is 2. The molecule has 5 heteroatoms. The number of H-pyrrole nitrogens is 1. The number of hydrogen-bond acceptors (Lipinski definition) is 4. The first-order valence-corrected chi connectivity index (χ1v) is 3.42. The van der Waals surface area contributed by atoms with E-state index < -0.39 is 0 Å². The van der Waals surface area contributed by atoms with Crippen molar-refractivity contribution in [2.24, 2.45) is 0 Å². The first-order valence-electron chi connectivity index (χ1n) is 3.42. The molecular formula is C7H7N5. The molecule has 12 heavy (non-hydrogen) atoms. The van der Waals surface area contributed by atoms with Crippen LogP contribution in [-0.2, 0) is 0 Å². The summed E-state index contributed by atoms with van der Waals surface area (Å²) in [5, 5.41) is 0. The Hall–Kier alpha value is -1.91. The summed E-state index contributed by atoms with van der Waals surface area (Å²) in [5.74, 6) is 0.453. The maximum atomic E-state index is 5.48. The molecular weight excluding hydrogens is 154 g/mol. The molecule has 0 saturated heterocycles. The molecule has 3 N–H and O–H groups in total. The largest absolute Gasteiger partial charge is 0.384 e. The topological polar surface area (TPSA) is 80.5 Å². The number of anilines is 1. The van der Waals surface area contributed by atoms with Crippen molar-refractivity contribution in [1.29, 1.82) is 0 Å². The van der Waals surface area contributed by atoms with Gasteiger partial charge in [-0.25, -0.2) is 15.0 Å². The van der Waals surface area contributed by atoms with Crippen LogP contribution in [-0.4, -0.2) is 19.9 Å². The van der Waals surface area contributed by atoms with E-state index in [9.17, 15) is 0 Å². The van der Waals surface area contributed by atoms with Crippen LogP contribution in [0.4, 0.5) is 5.82 Å². The number of nitrogens with two attached hydrogens (primary N) is 1. The van der Waals surface area contributed by atoms with Crippen molar-refractivity contribution in [2.75, 3.05) is 5.73 Å². The molecule has 0 aliphatic carbocycles. The highest BCUT2D eigenvalue weighted by molar-refractivity contribution is 5.55. The minimum atomic E-state index is 0.453. The quantitative estimate of drug-likeness (QED) is 0.636. The smallest absolute Gasteiger partial charge is 0.127 e. The van der Waals surface area contributed by atoms with Gasteiger partial charge in [0.15, 0.2) is 0 Å². The predicted octanol–water partition coefficient (Wildman–Crippen LogP) is 0.449. The SMILES string of the molecule is Nc1cc(-c2cnc[nH]2)ncn1. The molecule has 0 aliphatic heterocycles. The molecule has 0 aromatic carbocycles. The second kappa shape index (κ2) is 2.61. The molecule has 0 saturated carbocycles. The lowest BCUT2D eigenvalue weighted by Crippen LogP contribution is -1.92. The van der Waals surface area contributed by atoms with Crippen molar-refractivity contribution < 1.29 is 0 Å². The molecule has 0 spiro atoms. The van der Waals surface area contributed by atoms with E-state index in [0.717, 1.165) is 11.4 Å². The third kappa shape index (κ3) is 1.12. The third-order valence-electron chi connectivity index (χ3n) is 1.46. The lowest BCUT2D eigenvalue weighted by Gasteiger charge is -1.95. The van der Waals surface area contributed by atoms with E-state index in [1.54, 1.807) is 18.6 Å². The Morgan fingerprint density at radius 3 is 2.92 bits per heavy atom. The minimum Gasteiger partial charge on any atom is -0.384 e. The summed E-state index contributed by atoms with van der Waals surface area (Å²) in [4.78, 5) is 14.6. The molecule has 60 valence electrons. The molecule has 2 aromatic heterocycles. The molecule has 0 aliphatic rings. The first-order chi connectivity index (χ1) is 5.86. The molecule has 2 aromatic rings. The summed E-state index contributed by atoms with van der Waals surface area (Å²) in [7, 11) is 0. The molecule has 2 heterocycles. The second-order valence-corrected chi connectivity index (χ2v) is 2.29. The highest BCUT2D eigenvalue weighted by atomic mass is 14.9. The van der Waals surface area contributed by atoms with Crippen molar-refractivity contribution >= 4 is 5.82 Å². The Labute approximate surface area is 68.7 Å². The summed E-state index contributed by atoms with van der Waals surface area (Å²) in [6, 6.07) is 1.69. The molecule has 0 fully saturated rings. The maximum Gasteiger partial charge on any atom is 0.127 e. The maximum absolute atomic E-state index is 5.48. The van der Waals surface area contributed by atoms with E-state index in [2.05, 4.69) is 19.9 Å². The van der Waals surface area contributed by atoms with Gasteiger partial charge in [-0.05, 0) is 0 Å². The van der Waals surface area contributed by atoms with E-state index >= 15 is 0 Å². The van der Waals surface area contributed by atoms with Crippen LogP contribution in [0.25, 0.3) is 11.4 Å². The highest BCUT2D eigenvalue weighted by Gasteiger charge is 1.99. The van der Waals surface area contributed by atoms with E-state index in [-0.39, 0.29) is 0 Å². The summed E-state index contributed by atoms with van der Waals surface area (Å²) >= 11 is 0. The summed E-state index contributed by atoms with van der Waals surface area (Å²) < 4.78 is 0. The predicted molar refractivity (Wildman–Crippen MR) is 44.0 cm³/mol. The Morgan fingerprint density at radius 2 is 2.25 bits per heavy atom. The molecule has 5 nitrogen and oxygen atoms in total.